The van der Waals surface area contributed by atoms with Gasteiger partial charge in [-0.2, -0.15) is 0 Å². The number of hydrogen-bond donors (Lipinski definition) is 1. The first-order valence-electron chi connectivity index (χ1n) is 4.74. The third-order valence-electron chi connectivity index (χ3n) is 2.64. The summed E-state index contributed by atoms with van der Waals surface area (Å²) in [7, 11) is 0. The zero-order valence-corrected chi connectivity index (χ0v) is 8.12. The second-order valence-electron chi connectivity index (χ2n) is 3.69. The lowest BCUT2D eigenvalue weighted by atomic mass is 9.92. The summed E-state index contributed by atoms with van der Waals surface area (Å²) >= 11 is 0. The van der Waals surface area contributed by atoms with Gasteiger partial charge in [-0.05, 0) is 12.8 Å². The van der Waals surface area contributed by atoms with Gasteiger partial charge in [-0.15, -0.1) is 0 Å². The number of alkyl halides is 2. The first kappa shape index (κ1) is 11.4. The van der Waals surface area contributed by atoms with Gasteiger partial charge < -0.3 is 10.0 Å². The number of rotatable bonds is 2. The number of aliphatic hydroxyl groups is 1. The molecule has 2 unspecified atom stereocenters. The third kappa shape index (κ3) is 2.64. The van der Waals surface area contributed by atoms with Crippen molar-refractivity contribution in [2.45, 2.75) is 32.3 Å². The van der Waals surface area contributed by atoms with Gasteiger partial charge in [-0.1, -0.05) is 0 Å². The molecule has 1 N–H and O–H groups in total. The normalized spacial score (nSPS) is 25.2. The Kier molecular flexibility index (Phi) is 3.80. The minimum absolute atomic E-state index is 0.115. The van der Waals surface area contributed by atoms with E-state index in [-0.39, 0.29) is 12.5 Å². The molecule has 0 spiro atoms. The van der Waals surface area contributed by atoms with Crippen LogP contribution in [0.5, 0.6) is 0 Å². The van der Waals surface area contributed by atoms with E-state index in [0.29, 0.717) is 19.4 Å². The summed E-state index contributed by atoms with van der Waals surface area (Å²) in [6.45, 7) is 2.28. The Balaban J connectivity index is 2.51. The summed E-state index contributed by atoms with van der Waals surface area (Å²) in [5.74, 6) is -0.594. The van der Waals surface area contributed by atoms with Crippen LogP contribution in [0.25, 0.3) is 0 Å². The van der Waals surface area contributed by atoms with Crippen molar-refractivity contribution in [3.63, 3.8) is 0 Å². The van der Waals surface area contributed by atoms with Gasteiger partial charge in [0, 0.05) is 25.9 Å². The monoisotopic (exact) mass is 207 g/mol. The van der Waals surface area contributed by atoms with Crippen molar-refractivity contribution in [3.8, 4) is 0 Å². The SMILES string of the molecule is CC(=O)N1CCCC(C(O)C(F)F)C1. The fourth-order valence-corrected chi connectivity index (χ4v) is 1.78. The largest absolute Gasteiger partial charge is 0.387 e. The smallest absolute Gasteiger partial charge is 0.264 e. The molecule has 5 heteroatoms. The lowest BCUT2D eigenvalue weighted by Crippen LogP contribution is -2.44. The van der Waals surface area contributed by atoms with Crippen LogP contribution in [0.2, 0.25) is 0 Å². The molecule has 82 valence electrons. The van der Waals surface area contributed by atoms with Gasteiger partial charge in [0.25, 0.3) is 6.43 Å². The maximum atomic E-state index is 12.2. The van der Waals surface area contributed by atoms with E-state index in [9.17, 15) is 13.6 Å². The van der Waals surface area contributed by atoms with Crippen LogP contribution in [0.1, 0.15) is 19.8 Å². The summed E-state index contributed by atoms with van der Waals surface area (Å²) in [5.41, 5.74) is 0. The van der Waals surface area contributed by atoms with Gasteiger partial charge in [-0.3, -0.25) is 4.79 Å². The molecule has 0 aromatic rings. The van der Waals surface area contributed by atoms with Crippen molar-refractivity contribution in [2.24, 2.45) is 5.92 Å². The van der Waals surface area contributed by atoms with E-state index < -0.39 is 18.4 Å². The van der Waals surface area contributed by atoms with E-state index in [2.05, 4.69) is 0 Å². The highest BCUT2D eigenvalue weighted by molar-refractivity contribution is 5.73. The zero-order chi connectivity index (χ0) is 10.7. The number of likely N-dealkylation sites (tertiary alicyclic amines) is 1. The fourth-order valence-electron chi connectivity index (χ4n) is 1.78. The van der Waals surface area contributed by atoms with Crippen molar-refractivity contribution < 1.29 is 18.7 Å². The second-order valence-corrected chi connectivity index (χ2v) is 3.69. The Hall–Kier alpha value is -0.710. The van der Waals surface area contributed by atoms with E-state index in [1.54, 1.807) is 0 Å². The van der Waals surface area contributed by atoms with E-state index in [0.717, 1.165) is 0 Å². The molecule has 1 amide bonds. The molecule has 3 nitrogen and oxygen atoms in total. The maximum Gasteiger partial charge on any atom is 0.264 e. The molecule has 1 rings (SSSR count). The van der Waals surface area contributed by atoms with Crippen LogP contribution in [0.3, 0.4) is 0 Å². The van der Waals surface area contributed by atoms with Gasteiger partial charge in [0.15, 0.2) is 0 Å². The first-order chi connectivity index (χ1) is 6.52. The van der Waals surface area contributed by atoms with Crippen molar-refractivity contribution in [2.75, 3.05) is 13.1 Å². The molecule has 2 atom stereocenters. The molecular weight excluding hydrogens is 192 g/mol. The zero-order valence-electron chi connectivity index (χ0n) is 8.12. The highest BCUT2D eigenvalue weighted by Crippen LogP contribution is 2.23. The molecular formula is C9H15F2NO2. The number of aliphatic hydroxyl groups excluding tert-OH is 1. The molecule has 0 bridgehead atoms. The quantitative estimate of drug-likeness (QED) is 0.730. The highest BCUT2D eigenvalue weighted by atomic mass is 19.3. The summed E-state index contributed by atoms with van der Waals surface area (Å²) in [6.07, 6.45) is -3.06. The number of piperidine rings is 1. The molecule has 1 aliphatic rings. The standard InChI is InChI=1S/C9H15F2NO2/c1-6(13)12-4-2-3-7(5-12)8(14)9(10)11/h7-9,14H,2-5H2,1H3. The number of amides is 1. The van der Waals surface area contributed by atoms with E-state index >= 15 is 0 Å². The van der Waals surface area contributed by atoms with Crippen LogP contribution in [-0.4, -0.2) is 41.5 Å². The Morgan fingerprint density at radius 1 is 1.57 bits per heavy atom. The Labute approximate surface area is 81.7 Å². The molecule has 0 aromatic heterocycles. The van der Waals surface area contributed by atoms with Gasteiger partial charge in [-0.25, -0.2) is 8.78 Å². The molecule has 0 aromatic carbocycles. The van der Waals surface area contributed by atoms with Gasteiger partial charge in [0.1, 0.15) is 6.10 Å². The van der Waals surface area contributed by atoms with Crippen molar-refractivity contribution >= 4 is 5.91 Å². The van der Waals surface area contributed by atoms with Crippen molar-refractivity contribution in [1.29, 1.82) is 0 Å². The van der Waals surface area contributed by atoms with Gasteiger partial charge >= 0.3 is 0 Å². The predicted octanol–water partition coefficient (Wildman–Crippen LogP) is 0.871. The Morgan fingerprint density at radius 2 is 2.21 bits per heavy atom. The molecule has 1 fully saturated rings. The van der Waals surface area contributed by atoms with E-state index in [1.165, 1.54) is 11.8 Å². The van der Waals surface area contributed by atoms with Gasteiger partial charge in [0.05, 0.1) is 0 Å². The molecule has 1 saturated heterocycles. The average molecular weight is 207 g/mol. The average Bonchev–Trinajstić information content (AvgIpc) is 2.16. The van der Waals surface area contributed by atoms with Crippen LogP contribution in [0.15, 0.2) is 0 Å². The summed E-state index contributed by atoms with van der Waals surface area (Å²) in [6, 6.07) is 0. The molecule has 1 aliphatic heterocycles. The van der Waals surface area contributed by atoms with Crippen molar-refractivity contribution in [3.05, 3.63) is 0 Å². The maximum absolute atomic E-state index is 12.2. The van der Waals surface area contributed by atoms with Crippen LogP contribution >= 0.6 is 0 Å². The number of halogens is 2. The molecule has 0 radical (unpaired) electrons. The summed E-state index contributed by atoms with van der Waals surface area (Å²) in [4.78, 5) is 12.5. The molecule has 0 saturated carbocycles. The lowest BCUT2D eigenvalue weighted by Gasteiger charge is -2.34. The minimum Gasteiger partial charge on any atom is -0.387 e. The Bertz CT molecular complexity index is 211. The van der Waals surface area contributed by atoms with Crippen molar-refractivity contribution in [1.82, 2.24) is 4.90 Å². The predicted molar refractivity (Wildman–Crippen MR) is 47.0 cm³/mol. The highest BCUT2D eigenvalue weighted by Gasteiger charge is 2.32. The Morgan fingerprint density at radius 3 is 2.71 bits per heavy atom. The molecule has 1 heterocycles. The van der Waals surface area contributed by atoms with Crippen LogP contribution in [0.4, 0.5) is 8.78 Å². The summed E-state index contributed by atoms with van der Waals surface area (Å²) in [5, 5.41) is 9.16. The number of carbonyl (C=O) groups is 1. The van der Waals surface area contributed by atoms with Crippen LogP contribution in [-0.2, 0) is 4.79 Å². The number of hydrogen-bond acceptors (Lipinski definition) is 2. The lowest BCUT2D eigenvalue weighted by molar-refractivity contribution is -0.133. The first-order valence-corrected chi connectivity index (χ1v) is 4.74. The number of nitrogens with zero attached hydrogens (tertiary/aromatic N) is 1. The van der Waals surface area contributed by atoms with Gasteiger partial charge in [0.2, 0.25) is 5.91 Å². The van der Waals surface area contributed by atoms with E-state index in [1.807, 2.05) is 0 Å². The topological polar surface area (TPSA) is 40.5 Å². The van der Waals surface area contributed by atoms with Crippen LogP contribution in [0, 0.1) is 5.92 Å². The minimum atomic E-state index is -2.72. The molecule has 14 heavy (non-hydrogen) atoms. The van der Waals surface area contributed by atoms with E-state index in [4.69, 9.17) is 5.11 Å². The molecule has 0 aliphatic carbocycles. The number of carbonyl (C=O) groups excluding carboxylic acids is 1. The summed E-state index contributed by atoms with van der Waals surface area (Å²) < 4.78 is 24.4. The fraction of sp³-hybridized carbons (Fsp3) is 0.889. The third-order valence-corrected chi connectivity index (χ3v) is 2.64. The second kappa shape index (κ2) is 4.68. The van der Waals surface area contributed by atoms with Crippen LogP contribution < -0.4 is 0 Å².